The lowest BCUT2D eigenvalue weighted by molar-refractivity contribution is -0.149. The van der Waals surface area contributed by atoms with E-state index in [-0.39, 0.29) is 19.1 Å². The summed E-state index contributed by atoms with van der Waals surface area (Å²) in [7, 11) is 1.56. The number of amides is 1. The van der Waals surface area contributed by atoms with Crippen molar-refractivity contribution in [3.05, 3.63) is 60.2 Å². The third-order valence-electron chi connectivity index (χ3n) is 5.22. The maximum Gasteiger partial charge on any atom is 0.409 e. The summed E-state index contributed by atoms with van der Waals surface area (Å²) in [4.78, 5) is 26.7. The lowest BCUT2D eigenvalue weighted by atomic mass is 10.1. The van der Waals surface area contributed by atoms with Gasteiger partial charge in [-0.05, 0) is 55.3 Å². The van der Waals surface area contributed by atoms with Crippen LogP contribution in [0.15, 0.2) is 59.5 Å². The van der Waals surface area contributed by atoms with Gasteiger partial charge in [0.05, 0.1) is 13.2 Å². The highest BCUT2D eigenvalue weighted by atomic mass is 32.2. The van der Waals surface area contributed by atoms with Crippen molar-refractivity contribution in [2.75, 3.05) is 52.4 Å². The monoisotopic (exact) mass is 519 g/mol. The molecule has 0 bridgehead atoms. The number of carbonyl (C=O) groups is 2. The average molecular weight is 520 g/mol. The first-order chi connectivity index (χ1) is 17.5. The number of thioether (sulfide) groups is 1. The summed E-state index contributed by atoms with van der Waals surface area (Å²) >= 11 is 1.80. The topological polar surface area (TPSA) is 94.5 Å². The molecule has 1 amide bonds. The molecule has 0 radical (unpaired) electrons. The first kappa shape index (κ1) is 29.5. The van der Waals surface area contributed by atoms with Crippen LogP contribution in [-0.4, -0.2) is 80.6 Å². The van der Waals surface area contributed by atoms with Crippen molar-refractivity contribution in [3.63, 3.8) is 0 Å². The highest BCUT2D eigenvalue weighted by molar-refractivity contribution is 7.99. The molecule has 0 aliphatic heterocycles. The summed E-state index contributed by atoms with van der Waals surface area (Å²) in [5.74, 6) is 0.646. The van der Waals surface area contributed by atoms with Gasteiger partial charge < -0.3 is 29.0 Å². The largest absolute Gasteiger partial charge is 0.492 e. The van der Waals surface area contributed by atoms with Gasteiger partial charge in [0.25, 0.3) is 0 Å². The van der Waals surface area contributed by atoms with Crippen LogP contribution in [0, 0.1) is 0 Å². The van der Waals surface area contributed by atoms with Crippen LogP contribution >= 0.6 is 11.8 Å². The van der Waals surface area contributed by atoms with Crippen LogP contribution in [0.25, 0.3) is 0 Å². The summed E-state index contributed by atoms with van der Waals surface area (Å²) in [6, 6.07) is 17.5. The average Bonchev–Trinajstić information content (AvgIpc) is 2.88. The maximum absolute atomic E-state index is 12.5. The molecular weight excluding hydrogens is 482 g/mol. The van der Waals surface area contributed by atoms with E-state index in [4.69, 9.17) is 18.9 Å². The Morgan fingerprint density at radius 2 is 1.72 bits per heavy atom. The van der Waals surface area contributed by atoms with E-state index in [0.29, 0.717) is 38.7 Å². The number of ether oxygens (including phenoxy) is 4. The summed E-state index contributed by atoms with van der Waals surface area (Å²) in [6.45, 7) is 3.96. The van der Waals surface area contributed by atoms with Crippen LogP contribution in [-0.2, 0) is 25.4 Å². The summed E-state index contributed by atoms with van der Waals surface area (Å²) in [6.07, 6.45) is 0.872. The molecule has 1 N–H and O–H groups in total. The van der Waals surface area contributed by atoms with Crippen LogP contribution in [0.2, 0.25) is 0 Å². The maximum atomic E-state index is 12.5. The fourth-order valence-electron chi connectivity index (χ4n) is 3.34. The first-order valence-corrected chi connectivity index (χ1v) is 13.2. The van der Waals surface area contributed by atoms with Gasteiger partial charge >= 0.3 is 12.1 Å². The van der Waals surface area contributed by atoms with E-state index < -0.39 is 12.1 Å². The van der Waals surface area contributed by atoms with E-state index in [1.165, 1.54) is 4.90 Å². The number of hydrogen-bond donors (Lipinski definition) is 1. The highest BCUT2D eigenvalue weighted by Crippen LogP contribution is 2.19. The fourth-order valence-corrected chi connectivity index (χ4v) is 4.27. The van der Waals surface area contributed by atoms with E-state index in [1.807, 2.05) is 30.3 Å². The Labute approximate surface area is 217 Å². The number of carbonyl (C=O) groups excluding carboxylic acids is 1. The number of carboxylic acids is 1. The molecule has 9 heteroatoms. The minimum absolute atomic E-state index is 0.205. The van der Waals surface area contributed by atoms with Crippen molar-refractivity contribution in [1.29, 1.82) is 0 Å². The second-order valence-electron chi connectivity index (χ2n) is 7.94. The molecule has 8 nitrogen and oxygen atoms in total. The molecule has 0 aromatic heterocycles. The minimum Gasteiger partial charge on any atom is -0.492 e. The lowest BCUT2D eigenvalue weighted by Gasteiger charge is -2.22. The Balaban J connectivity index is 1.79. The third kappa shape index (κ3) is 11.8. The van der Waals surface area contributed by atoms with E-state index in [2.05, 4.69) is 12.1 Å². The molecule has 0 saturated carbocycles. The molecule has 2 rings (SSSR count). The molecule has 0 heterocycles. The SMILES string of the molecule is CCOC(Cc1ccc(OCCN(CCCCSc2ccccc2)C(=O)OCCOC)cc1)C(=O)O. The number of unbranched alkanes of at least 4 members (excludes halogenated alkanes) is 1. The van der Waals surface area contributed by atoms with Gasteiger partial charge in [-0.15, -0.1) is 11.8 Å². The normalized spacial score (nSPS) is 11.6. The lowest BCUT2D eigenvalue weighted by Crippen LogP contribution is -2.36. The molecular formula is C27H37NO7S. The van der Waals surface area contributed by atoms with Gasteiger partial charge in [0.1, 0.15) is 19.0 Å². The highest BCUT2D eigenvalue weighted by Gasteiger charge is 2.18. The Kier molecular flexibility index (Phi) is 14.4. The summed E-state index contributed by atoms with van der Waals surface area (Å²) < 4.78 is 21.4. The number of rotatable bonds is 18. The zero-order chi connectivity index (χ0) is 26.0. The predicted molar refractivity (Wildman–Crippen MR) is 140 cm³/mol. The van der Waals surface area contributed by atoms with Crippen molar-refractivity contribution >= 4 is 23.8 Å². The smallest absolute Gasteiger partial charge is 0.409 e. The van der Waals surface area contributed by atoms with Gasteiger partial charge in [0, 0.05) is 31.6 Å². The number of benzene rings is 2. The van der Waals surface area contributed by atoms with E-state index in [0.717, 1.165) is 24.2 Å². The Morgan fingerprint density at radius 1 is 0.972 bits per heavy atom. The summed E-state index contributed by atoms with van der Waals surface area (Å²) in [5.41, 5.74) is 0.847. The van der Waals surface area contributed by atoms with Gasteiger partial charge in [0.2, 0.25) is 0 Å². The minimum atomic E-state index is -0.978. The van der Waals surface area contributed by atoms with Crippen LogP contribution in [0.4, 0.5) is 4.79 Å². The molecule has 0 aliphatic rings. The van der Waals surface area contributed by atoms with Crippen molar-refractivity contribution < 1.29 is 33.6 Å². The predicted octanol–water partition coefficient (Wildman–Crippen LogP) is 4.76. The zero-order valence-corrected chi connectivity index (χ0v) is 21.9. The zero-order valence-electron chi connectivity index (χ0n) is 21.1. The molecule has 198 valence electrons. The number of carboxylic acid groups (broad SMARTS) is 1. The Bertz CT molecular complexity index is 879. The van der Waals surface area contributed by atoms with Crippen LogP contribution in [0.3, 0.4) is 0 Å². The fraction of sp³-hybridized carbons (Fsp3) is 0.481. The van der Waals surface area contributed by atoms with Crippen LogP contribution in [0.1, 0.15) is 25.3 Å². The van der Waals surface area contributed by atoms with Gasteiger partial charge in [-0.3, -0.25) is 0 Å². The van der Waals surface area contributed by atoms with Crippen molar-refractivity contribution in [2.24, 2.45) is 0 Å². The van der Waals surface area contributed by atoms with Gasteiger partial charge in [-0.1, -0.05) is 30.3 Å². The van der Waals surface area contributed by atoms with Gasteiger partial charge in [0.15, 0.2) is 6.10 Å². The first-order valence-electron chi connectivity index (χ1n) is 12.2. The molecule has 36 heavy (non-hydrogen) atoms. The van der Waals surface area contributed by atoms with E-state index in [9.17, 15) is 14.7 Å². The molecule has 0 saturated heterocycles. The van der Waals surface area contributed by atoms with E-state index in [1.54, 1.807) is 42.8 Å². The van der Waals surface area contributed by atoms with Crippen molar-refractivity contribution in [2.45, 2.75) is 37.2 Å². The molecule has 1 unspecified atom stereocenters. The second-order valence-corrected chi connectivity index (χ2v) is 9.11. The molecule has 0 spiro atoms. The second kappa shape index (κ2) is 17.6. The molecule has 2 aromatic carbocycles. The molecule has 0 fully saturated rings. The number of hydrogen-bond acceptors (Lipinski definition) is 7. The standard InChI is InChI=1S/C27H37NO7S/c1-3-33-25(26(29)30)21-22-11-13-23(14-12-22)34-17-16-28(27(31)35-19-18-32-2)15-7-8-20-36-24-9-5-4-6-10-24/h4-6,9-14,25H,3,7-8,15-21H2,1-2H3,(H,29,30). The molecule has 0 aliphatic carbocycles. The molecule has 2 aromatic rings. The van der Waals surface area contributed by atoms with Crippen molar-refractivity contribution in [3.8, 4) is 5.75 Å². The Morgan fingerprint density at radius 3 is 2.39 bits per heavy atom. The van der Waals surface area contributed by atoms with Gasteiger partial charge in [-0.25, -0.2) is 9.59 Å². The van der Waals surface area contributed by atoms with Gasteiger partial charge in [-0.2, -0.15) is 0 Å². The number of methoxy groups -OCH3 is 1. The number of nitrogens with zero attached hydrogens (tertiary/aromatic N) is 1. The van der Waals surface area contributed by atoms with Crippen LogP contribution in [0.5, 0.6) is 5.75 Å². The summed E-state index contributed by atoms with van der Waals surface area (Å²) in [5, 5.41) is 9.24. The Hall–Kier alpha value is -2.75. The van der Waals surface area contributed by atoms with Crippen LogP contribution < -0.4 is 4.74 Å². The molecule has 1 atom stereocenters. The van der Waals surface area contributed by atoms with Crippen molar-refractivity contribution in [1.82, 2.24) is 4.90 Å². The van der Waals surface area contributed by atoms with E-state index >= 15 is 0 Å². The number of aliphatic carboxylic acids is 1. The quantitative estimate of drug-likeness (QED) is 0.223. The third-order valence-corrected chi connectivity index (χ3v) is 6.32.